The van der Waals surface area contributed by atoms with Gasteiger partial charge in [-0.1, -0.05) is 44.2 Å². The van der Waals surface area contributed by atoms with E-state index < -0.39 is 23.7 Å². The summed E-state index contributed by atoms with van der Waals surface area (Å²) in [6, 6.07) is 36.9. The van der Waals surface area contributed by atoms with Crippen molar-refractivity contribution in [1.82, 2.24) is 44.2 Å². The van der Waals surface area contributed by atoms with E-state index in [0.717, 1.165) is 69.0 Å². The van der Waals surface area contributed by atoms with E-state index in [0.29, 0.717) is 107 Å². The maximum atomic E-state index is 13.9. The number of pyridine rings is 6. The second-order valence-corrected chi connectivity index (χ2v) is 21.5. The van der Waals surface area contributed by atoms with Crippen LogP contribution in [0.3, 0.4) is 0 Å². The van der Waals surface area contributed by atoms with Gasteiger partial charge in [0.1, 0.15) is 18.1 Å². The Labute approximate surface area is 476 Å². The van der Waals surface area contributed by atoms with Crippen LogP contribution < -0.4 is 15.0 Å². The third-order valence-electron chi connectivity index (χ3n) is 15.8. The lowest BCUT2D eigenvalue weighted by Crippen LogP contribution is -2.44. The average molecular weight is 1100 g/mol. The Hall–Kier alpha value is -8.51. The first-order chi connectivity index (χ1) is 40.0. The molecule has 1 saturated heterocycles. The van der Waals surface area contributed by atoms with Gasteiger partial charge in [-0.3, -0.25) is 44.2 Å². The molecule has 1 N–H and O–H groups in total. The van der Waals surface area contributed by atoms with Crippen LogP contribution in [-0.4, -0.2) is 86.3 Å². The van der Waals surface area contributed by atoms with Gasteiger partial charge in [0.2, 0.25) is 0 Å². The fourth-order valence-corrected chi connectivity index (χ4v) is 11.8. The van der Waals surface area contributed by atoms with E-state index >= 15 is 0 Å². The van der Waals surface area contributed by atoms with Crippen LogP contribution in [-0.2, 0) is 78.8 Å². The minimum Gasteiger partial charge on any atom is -0.494 e. The zero-order valence-corrected chi connectivity index (χ0v) is 46.4. The number of hydrogen-bond acceptors (Lipinski definition) is 15. The number of Topliss-reactive ketones (excluding diaryl/α,β-unsaturated/α-hetero) is 1. The summed E-state index contributed by atoms with van der Waals surface area (Å²) in [5.74, 6) is 0.349. The summed E-state index contributed by atoms with van der Waals surface area (Å²) in [6.07, 6.45) is 11.1. The molecule has 2 atom stereocenters. The van der Waals surface area contributed by atoms with E-state index in [1.54, 1.807) is 40.7 Å². The van der Waals surface area contributed by atoms with Crippen LogP contribution in [0.5, 0.6) is 11.5 Å². The van der Waals surface area contributed by atoms with Crippen molar-refractivity contribution in [2.75, 3.05) is 13.2 Å². The SMILES string of the molecule is CCc1c2c(nc3ccc(OC(=O)N4CCCC4C(=O)CCCCCOc4cc(CN(Cc5ccccn5)Cc5ccccn5)cc(CN(Cc5ccccn5)Cc5ccccn5)c4)cc13)-c1cc3c(c(=O)n1C2)COC(=O)[C@@]3(O)CC. The van der Waals surface area contributed by atoms with Gasteiger partial charge >= 0.3 is 12.1 Å². The number of ether oxygens (including phenoxy) is 3. The Morgan fingerprint density at radius 1 is 0.707 bits per heavy atom. The van der Waals surface area contributed by atoms with Gasteiger partial charge in [0.05, 0.1) is 64.4 Å². The van der Waals surface area contributed by atoms with Crippen molar-refractivity contribution in [2.45, 2.75) is 129 Å². The number of carbonyl (C=O) groups excluding carboxylic acids is 3. The lowest BCUT2D eigenvalue weighted by Gasteiger charge is -2.31. The lowest BCUT2D eigenvalue weighted by atomic mass is 9.86. The smallest absolute Gasteiger partial charge is 0.415 e. The molecule has 0 saturated carbocycles. The number of hydrogen-bond donors (Lipinski definition) is 1. The number of aliphatic hydroxyl groups is 1. The van der Waals surface area contributed by atoms with Crippen LogP contribution >= 0.6 is 0 Å². The quantitative estimate of drug-likeness (QED) is 0.0469. The molecule has 2 aromatic carbocycles. The van der Waals surface area contributed by atoms with Crippen molar-refractivity contribution in [3.63, 3.8) is 0 Å². The summed E-state index contributed by atoms with van der Waals surface area (Å²) >= 11 is 0. The molecule has 82 heavy (non-hydrogen) atoms. The number of amides is 1. The molecule has 6 aromatic heterocycles. The molecule has 17 heteroatoms. The molecule has 11 rings (SSSR count). The Kier molecular flexibility index (Phi) is 17.0. The predicted molar refractivity (Wildman–Crippen MR) is 308 cm³/mol. The van der Waals surface area contributed by atoms with Crippen LogP contribution in [0.25, 0.3) is 22.3 Å². The lowest BCUT2D eigenvalue weighted by molar-refractivity contribution is -0.172. The highest BCUT2D eigenvalue weighted by molar-refractivity contribution is 5.91. The van der Waals surface area contributed by atoms with E-state index in [1.807, 2.05) is 105 Å². The van der Waals surface area contributed by atoms with Crippen LogP contribution in [0.4, 0.5) is 4.79 Å². The van der Waals surface area contributed by atoms with Gasteiger partial charge in [-0.05, 0) is 147 Å². The summed E-state index contributed by atoms with van der Waals surface area (Å²) < 4.78 is 19.5. The van der Waals surface area contributed by atoms with Crippen molar-refractivity contribution in [3.8, 4) is 22.9 Å². The minimum atomic E-state index is -1.92. The van der Waals surface area contributed by atoms with Gasteiger partial charge in [0.25, 0.3) is 5.56 Å². The predicted octanol–water partition coefficient (Wildman–Crippen LogP) is 9.80. The van der Waals surface area contributed by atoms with Gasteiger partial charge in [0, 0.05) is 93.5 Å². The minimum absolute atomic E-state index is 0.0194. The van der Waals surface area contributed by atoms with E-state index in [4.69, 9.17) is 19.2 Å². The average Bonchev–Trinajstić information content (AvgIpc) is 2.92. The van der Waals surface area contributed by atoms with Crippen molar-refractivity contribution in [2.24, 2.45) is 0 Å². The van der Waals surface area contributed by atoms with E-state index in [9.17, 15) is 24.3 Å². The van der Waals surface area contributed by atoms with Crippen LogP contribution in [0.1, 0.15) is 115 Å². The van der Waals surface area contributed by atoms with E-state index in [2.05, 4.69) is 47.9 Å². The zero-order valence-electron chi connectivity index (χ0n) is 46.4. The molecule has 3 aliphatic rings. The topological polar surface area (TPSA) is 195 Å². The highest BCUT2D eigenvalue weighted by Gasteiger charge is 2.45. The normalized spacial score (nSPS) is 16.3. The standard InChI is InChI=1S/C65H67N9O8/c1-3-52-53-34-50(23-24-57(53)70-61-54(52)42-74-59(61)35-56-55(62(74)76)43-81-63(77)65(56,79)4-2)82-64(78)73-29-16-21-58(73)60(75)22-6-5-15-30-80-51-32-44(36-71(38-46-17-7-11-25-66-46)39-47-18-8-12-26-67-47)31-45(33-51)37-72(40-48-19-9-13-27-68-48)41-49-20-10-14-28-69-49/h7-14,17-20,23-28,31-35,58,79H,3-6,15-16,21-22,29-30,36-43H2,1-2H3/t58?,65-/m1/s1. The molecule has 1 unspecified atom stereocenters. The molecular weight excluding hydrogens is 1030 g/mol. The van der Waals surface area contributed by atoms with Gasteiger partial charge in [-0.2, -0.15) is 0 Å². The number of esters is 1. The molecule has 420 valence electrons. The van der Waals surface area contributed by atoms with Crippen LogP contribution in [0.2, 0.25) is 0 Å². The van der Waals surface area contributed by atoms with Gasteiger partial charge in [-0.15, -0.1) is 0 Å². The molecule has 3 aliphatic heterocycles. The number of aryl methyl sites for hydroxylation is 1. The molecule has 8 aromatic rings. The highest BCUT2D eigenvalue weighted by Crippen LogP contribution is 2.41. The van der Waals surface area contributed by atoms with Gasteiger partial charge < -0.3 is 23.9 Å². The Bertz CT molecular complexity index is 3450. The van der Waals surface area contributed by atoms with Crippen molar-refractivity contribution in [1.29, 1.82) is 0 Å². The first kappa shape index (κ1) is 55.4. The Balaban J connectivity index is 0.733. The molecule has 17 nitrogen and oxygen atoms in total. The maximum Gasteiger partial charge on any atom is 0.415 e. The number of cyclic esters (lactones) is 1. The van der Waals surface area contributed by atoms with Gasteiger partial charge in [0.15, 0.2) is 11.4 Å². The Morgan fingerprint density at radius 3 is 1.88 bits per heavy atom. The molecule has 0 radical (unpaired) electrons. The number of rotatable bonds is 23. The molecule has 0 bridgehead atoms. The fourth-order valence-electron chi connectivity index (χ4n) is 11.8. The monoisotopic (exact) mass is 1100 g/mol. The number of nitrogens with zero attached hydrogens (tertiary/aromatic N) is 9. The summed E-state index contributed by atoms with van der Waals surface area (Å²) in [6.45, 7) is 8.42. The number of ketones is 1. The second kappa shape index (κ2) is 25.1. The van der Waals surface area contributed by atoms with Crippen molar-refractivity contribution < 1.29 is 33.7 Å². The number of fused-ring (bicyclic) bond motifs is 5. The third-order valence-corrected chi connectivity index (χ3v) is 15.8. The zero-order chi connectivity index (χ0) is 56.6. The van der Waals surface area contributed by atoms with Crippen molar-refractivity contribution >= 4 is 28.7 Å². The van der Waals surface area contributed by atoms with Gasteiger partial charge in [-0.25, -0.2) is 14.6 Å². The largest absolute Gasteiger partial charge is 0.494 e. The van der Waals surface area contributed by atoms with E-state index in [1.165, 1.54) is 0 Å². The number of benzene rings is 2. The highest BCUT2D eigenvalue weighted by atomic mass is 16.6. The first-order valence-electron chi connectivity index (χ1n) is 28.5. The van der Waals surface area contributed by atoms with E-state index in [-0.39, 0.29) is 42.0 Å². The summed E-state index contributed by atoms with van der Waals surface area (Å²) in [5, 5.41) is 12.1. The molecule has 1 amide bonds. The molecule has 0 spiro atoms. The Morgan fingerprint density at radius 2 is 1.32 bits per heavy atom. The van der Waals surface area contributed by atoms with Crippen molar-refractivity contribution in [3.05, 3.63) is 207 Å². The summed E-state index contributed by atoms with van der Waals surface area (Å²) in [7, 11) is 0. The molecule has 0 aliphatic carbocycles. The number of likely N-dealkylation sites (tertiary alicyclic amines) is 1. The third kappa shape index (κ3) is 12.4. The first-order valence-corrected chi connectivity index (χ1v) is 28.5. The maximum absolute atomic E-state index is 13.9. The number of unbranched alkanes of at least 4 members (excludes halogenated alkanes) is 2. The van der Waals surface area contributed by atoms with Crippen LogP contribution in [0.15, 0.2) is 145 Å². The molecular formula is C65H67N9O8. The van der Waals surface area contributed by atoms with Crippen LogP contribution in [0, 0.1) is 0 Å². The molecule has 1 fully saturated rings. The summed E-state index contributed by atoms with van der Waals surface area (Å²) in [5.41, 5.74) is 7.92. The second-order valence-electron chi connectivity index (χ2n) is 21.5. The summed E-state index contributed by atoms with van der Waals surface area (Å²) in [4.78, 5) is 84.1. The number of aromatic nitrogens is 6. The molecule has 9 heterocycles. The fraction of sp³-hybridized carbons (Fsp3) is 0.338. The number of carbonyl (C=O) groups is 3.